The quantitative estimate of drug-likeness (QED) is 0.578. The molecule has 0 saturated heterocycles. The highest BCUT2D eigenvalue weighted by Crippen LogP contribution is 2.19. The minimum atomic E-state index is -0.346. The molecular formula is C21H17N3O4. The Balaban J connectivity index is 1.50. The summed E-state index contributed by atoms with van der Waals surface area (Å²) in [6.07, 6.45) is 3.13. The van der Waals surface area contributed by atoms with Gasteiger partial charge in [-0.15, -0.1) is 0 Å². The lowest BCUT2D eigenvalue weighted by molar-refractivity contribution is 0.0996. The van der Waals surface area contributed by atoms with Gasteiger partial charge in [-0.3, -0.25) is 14.0 Å². The van der Waals surface area contributed by atoms with Crippen LogP contribution in [0.2, 0.25) is 0 Å². The Morgan fingerprint density at radius 3 is 2.89 bits per heavy atom. The van der Waals surface area contributed by atoms with E-state index in [2.05, 4.69) is 10.3 Å². The third-order valence-electron chi connectivity index (χ3n) is 4.16. The third-order valence-corrected chi connectivity index (χ3v) is 4.16. The summed E-state index contributed by atoms with van der Waals surface area (Å²) in [7, 11) is 0. The Kier molecular flexibility index (Phi) is 4.63. The van der Waals surface area contributed by atoms with Crippen molar-refractivity contribution in [2.75, 3.05) is 5.32 Å². The van der Waals surface area contributed by atoms with Crippen LogP contribution in [-0.2, 0) is 6.61 Å². The lowest BCUT2D eigenvalue weighted by Gasteiger charge is -2.10. The number of pyridine rings is 1. The summed E-state index contributed by atoms with van der Waals surface area (Å²) >= 11 is 0. The van der Waals surface area contributed by atoms with Crippen molar-refractivity contribution in [1.29, 1.82) is 0 Å². The standard InChI is InChI=1S/C21H17N3O4/c1-14-5-3-9-24-19(25)12-16(22-20(14)24)13-28-17-7-2-6-15(11-17)23-21(26)18-8-4-10-27-18/h2-12H,13H2,1H3,(H,23,26). The van der Waals surface area contributed by atoms with Gasteiger partial charge in [-0.25, -0.2) is 4.98 Å². The van der Waals surface area contributed by atoms with Gasteiger partial charge in [0.25, 0.3) is 11.5 Å². The number of hydrogen-bond acceptors (Lipinski definition) is 5. The van der Waals surface area contributed by atoms with E-state index < -0.39 is 0 Å². The van der Waals surface area contributed by atoms with Crippen LogP contribution < -0.4 is 15.6 Å². The maximum Gasteiger partial charge on any atom is 0.291 e. The topological polar surface area (TPSA) is 85.8 Å². The van der Waals surface area contributed by atoms with Gasteiger partial charge in [0, 0.05) is 24.0 Å². The summed E-state index contributed by atoms with van der Waals surface area (Å²) < 4.78 is 12.3. The molecule has 0 aliphatic carbocycles. The second kappa shape index (κ2) is 7.40. The number of anilines is 1. The van der Waals surface area contributed by atoms with E-state index in [0.717, 1.165) is 5.56 Å². The van der Waals surface area contributed by atoms with E-state index >= 15 is 0 Å². The molecule has 0 saturated carbocycles. The molecule has 7 nitrogen and oxygen atoms in total. The smallest absolute Gasteiger partial charge is 0.291 e. The molecule has 0 atom stereocenters. The molecule has 140 valence electrons. The summed E-state index contributed by atoms with van der Waals surface area (Å²) in [6, 6.07) is 15.4. The highest BCUT2D eigenvalue weighted by atomic mass is 16.5. The fourth-order valence-electron chi connectivity index (χ4n) is 2.80. The SMILES string of the molecule is Cc1cccn2c(=O)cc(COc3cccc(NC(=O)c4ccco4)c3)nc12. The first kappa shape index (κ1) is 17.5. The fraction of sp³-hybridized carbons (Fsp3) is 0.0952. The predicted molar refractivity (Wildman–Crippen MR) is 104 cm³/mol. The number of fused-ring (bicyclic) bond motifs is 1. The number of nitrogens with one attached hydrogen (secondary N) is 1. The van der Waals surface area contributed by atoms with E-state index in [4.69, 9.17) is 9.15 Å². The third kappa shape index (κ3) is 3.64. The van der Waals surface area contributed by atoms with Gasteiger partial charge in [-0.1, -0.05) is 12.1 Å². The summed E-state index contributed by atoms with van der Waals surface area (Å²) in [5.41, 5.74) is 2.45. The van der Waals surface area contributed by atoms with Crippen molar-refractivity contribution in [3.05, 3.63) is 94.4 Å². The highest BCUT2D eigenvalue weighted by molar-refractivity contribution is 6.02. The average Bonchev–Trinajstić information content (AvgIpc) is 3.23. The predicted octanol–water partition coefficient (Wildman–Crippen LogP) is 3.43. The minimum absolute atomic E-state index is 0.135. The summed E-state index contributed by atoms with van der Waals surface area (Å²) in [5, 5.41) is 2.74. The second-order valence-electron chi connectivity index (χ2n) is 6.22. The zero-order chi connectivity index (χ0) is 19.5. The molecule has 3 aromatic heterocycles. The molecule has 0 aliphatic heterocycles. The first-order valence-electron chi connectivity index (χ1n) is 8.66. The van der Waals surface area contributed by atoms with E-state index in [0.29, 0.717) is 22.8 Å². The van der Waals surface area contributed by atoms with Crippen LogP contribution in [0.25, 0.3) is 5.65 Å². The van der Waals surface area contributed by atoms with Crippen molar-refractivity contribution >= 4 is 17.2 Å². The molecule has 0 unspecified atom stereocenters. The number of carbonyl (C=O) groups is 1. The first-order chi connectivity index (χ1) is 13.6. The lowest BCUT2D eigenvalue weighted by atomic mass is 10.3. The number of aromatic nitrogens is 2. The van der Waals surface area contributed by atoms with Crippen molar-refractivity contribution in [1.82, 2.24) is 9.38 Å². The molecule has 0 aliphatic rings. The van der Waals surface area contributed by atoms with E-state index in [-0.39, 0.29) is 23.8 Å². The zero-order valence-corrected chi connectivity index (χ0v) is 15.1. The molecule has 4 rings (SSSR count). The average molecular weight is 375 g/mol. The number of ether oxygens (including phenoxy) is 1. The van der Waals surface area contributed by atoms with Gasteiger partial charge >= 0.3 is 0 Å². The van der Waals surface area contributed by atoms with Gasteiger partial charge in [-0.2, -0.15) is 0 Å². The number of nitrogens with zero attached hydrogens (tertiary/aromatic N) is 2. The van der Waals surface area contributed by atoms with E-state index in [1.54, 1.807) is 42.6 Å². The molecular weight excluding hydrogens is 358 g/mol. The maximum absolute atomic E-state index is 12.3. The summed E-state index contributed by atoms with van der Waals surface area (Å²) in [6.45, 7) is 2.03. The van der Waals surface area contributed by atoms with Gasteiger partial charge < -0.3 is 14.5 Å². The number of aryl methyl sites for hydroxylation is 1. The monoisotopic (exact) mass is 375 g/mol. The molecule has 1 amide bonds. The van der Waals surface area contributed by atoms with Crippen LogP contribution >= 0.6 is 0 Å². The molecule has 0 fully saturated rings. The van der Waals surface area contributed by atoms with Crippen molar-refractivity contribution in [2.24, 2.45) is 0 Å². The van der Waals surface area contributed by atoms with Crippen LogP contribution in [0.3, 0.4) is 0 Å². The van der Waals surface area contributed by atoms with Gasteiger partial charge in [0.15, 0.2) is 5.76 Å². The molecule has 0 bridgehead atoms. The summed E-state index contributed by atoms with van der Waals surface area (Å²) in [5.74, 6) is 0.424. The van der Waals surface area contributed by atoms with Crippen molar-refractivity contribution < 1.29 is 13.9 Å². The zero-order valence-electron chi connectivity index (χ0n) is 15.1. The van der Waals surface area contributed by atoms with Gasteiger partial charge in [0.1, 0.15) is 18.0 Å². The molecule has 1 aromatic carbocycles. The van der Waals surface area contributed by atoms with Crippen molar-refractivity contribution in [3.8, 4) is 5.75 Å². The maximum atomic E-state index is 12.3. The number of rotatable bonds is 5. The van der Waals surface area contributed by atoms with Crippen molar-refractivity contribution in [3.63, 3.8) is 0 Å². The van der Waals surface area contributed by atoms with Crippen LogP contribution in [-0.4, -0.2) is 15.3 Å². The Morgan fingerprint density at radius 2 is 2.07 bits per heavy atom. The van der Waals surface area contributed by atoms with Crippen molar-refractivity contribution in [2.45, 2.75) is 13.5 Å². The molecule has 28 heavy (non-hydrogen) atoms. The Hall–Kier alpha value is -3.87. The number of hydrogen-bond donors (Lipinski definition) is 1. The Labute approximate surface area is 160 Å². The highest BCUT2D eigenvalue weighted by Gasteiger charge is 2.10. The van der Waals surface area contributed by atoms with Gasteiger partial charge in [0.2, 0.25) is 0 Å². The number of amides is 1. The van der Waals surface area contributed by atoms with E-state index in [1.807, 2.05) is 19.1 Å². The van der Waals surface area contributed by atoms with Crippen LogP contribution in [0.15, 0.2) is 76.3 Å². The number of carbonyl (C=O) groups excluding carboxylic acids is 1. The first-order valence-corrected chi connectivity index (χ1v) is 8.66. The molecule has 7 heteroatoms. The van der Waals surface area contributed by atoms with Crippen LogP contribution in [0, 0.1) is 6.92 Å². The summed E-state index contributed by atoms with van der Waals surface area (Å²) in [4.78, 5) is 28.8. The minimum Gasteiger partial charge on any atom is -0.487 e. The van der Waals surface area contributed by atoms with Crippen LogP contribution in [0.1, 0.15) is 21.8 Å². The molecule has 0 radical (unpaired) electrons. The molecule has 3 heterocycles. The van der Waals surface area contributed by atoms with Gasteiger partial charge in [-0.05, 0) is 42.8 Å². The van der Waals surface area contributed by atoms with Gasteiger partial charge in [0.05, 0.1) is 12.0 Å². The number of benzene rings is 1. The second-order valence-corrected chi connectivity index (χ2v) is 6.22. The largest absolute Gasteiger partial charge is 0.487 e. The van der Waals surface area contributed by atoms with Crippen LogP contribution in [0.4, 0.5) is 5.69 Å². The Bertz CT molecular complexity index is 1200. The normalized spacial score (nSPS) is 10.8. The fourth-order valence-corrected chi connectivity index (χ4v) is 2.80. The molecule has 0 spiro atoms. The lowest BCUT2D eigenvalue weighted by Crippen LogP contribution is -2.17. The molecule has 1 N–H and O–H groups in total. The van der Waals surface area contributed by atoms with E-state index in [9.17, 15) is 9.59 Å². The molecule has 4 aromatic rings. The van der Waals surface area contributed by atoms with E-state index in [1.165, 1.54) is 16.7 Å². The van der Waals surface area contributed by atoms with Crippen LogP contribution in [0.5, 0.6) is 5.75 Å². The number of furan rings is 1. The Morgan fingerprint density at radius 1 is 1.18 bits per heavy atom.